The van der Waals surface area contributed by atoms with Gasteiger partial charge in [-0.2, -0.15) is 0 Å². The van der Waals surface area contributed by atoms with Crippen LogP contribution in [0.25, 0.3) is 0 Å². The van der Waals surface area contributed by atoms with Crippen LogP contribution in [0.1, 0.15) is 6.92 Å². The van der Waals surface area contributed by atoms with Crippen molar-refractivity contribution in [1.29, 1.82) is 0 Å². The molecule has 114 valence electrons. The average molecular weight is 291 g/mol. The summed E-state index contributed by atoms with van der Waals surface area (Å²) in [4.78, 5) is 21.9. The first-order chi connectivity index (χ1) is 9.35. The summed E-state index contributed by atoms with van der Waals surface area (Å²) in [5, 5.41) is 38.9. The van der Waals surface area contributed by atoms with E-state index in [1.807, 2.05) is 0 Å². The van der Waals surface area contributed by atoms with E-state index in [9.17, 15) is 19.8 Å². The van der Waals surface area contributed by atoms with E-state index < -0.39 is 48.8 Å². The number of aliphatic hydroxyl groups is 3. The highest BCUT2D eigenvalue weighted by Gasteiger charge is 2.37. The van der Waals surface area contributed by atoms with Gasteiger partial charge in [-0.3, -0.25) is 4.79 Å². The number of ether oxygens (including phenoxy) is 2. The Morgan fingerprint density at radius 2 is 2.20 bits per heavy atom. The van der Waals surface area contributed by atoms with E-state index in [1.54, 1.807) is 0 Å². The first-order valence-corrected chi connectivity index (χ1v) is 5.82. The van der Waals surface area contributed by atoms with E-state index in [2.05, 4.69) is 5.32 Å². The molecule has 1 aliphatic rings. The number of aliphatic carboxylic acids is 1. The van der Waals surface area contributed by atoms with Crippen LogP contribution < -0.4 is 5.32 Å². The summed E-state index contributed by atoms with van der Waals surface area (Å²) < 4.78 is 10.1. The molecule has 9 nitrogen and oxygen atoms in total. The Hall–Kier alpha value is -1.68. The molecule has 0 aromatic carbocycles. The second-order valence-corrected chi connectivity index (χ2v) is 4.21. The van der Waals surface area contributed by atoms with E-state index >= 15 is 0 Å². The zero-order chi connectivity index (χ0) is 15.3. The molecule has 0 fully saturated rings. The monoisotopic (exact) mass is 291 g/mol. The van der Waals surface area contributed by atoms with E-state index in [1.165, 1.54) is 6.92 Å². The van der Waals surface area contributed by atoms with Gasteiger partial charge in [-0.1, -0.05) is 0 Å². The lowest BCUT2D eigenvalue weighted by molar-refractivity contribution is -0.184. The Balaban J connectivity index is 2.81. The fourth-order valence-corrected chi connectivity index (χ4v) is 1.56. The molecule has 0 aromatic heterocycles. The van der Waals surface area contributed by atoms with Gasteiger partial charge in [0.15, 0.2) is 0 Å². The van der Waals surface area contributed by atoms with Crippen LogP contribution in [0.15, 0.2) is 11.8 Å². The Labute approximate surface area is 114 Å². The van der Waals surface area contributed by atoms with E-state index in [-0.39, 0.29) is 6.61 Å². The maximum absolute atomic E-state index is 11.1. The highest BCUT2D eigenvalue weighted by molar-refractivity contribution is 5.84. The van der Waals surface area contributed by atoms with Gasteiger partial charge >= 0.3 is 5.97 Å². The van der Waals surface area contributed by atoms with E-state index in [4.69, 9.17) is 19.7 Å². The van der Waals surface area contributed by atoms with Crippen LogP contribution in [0.2, 0.25) is 0 Å². The summed E-state index contributed by atoms with van der Waals surface area (Å²) in [6.45, 7) is 0.307. The number of rotatable bonds is 6. The second-order valence-electron chi connectivity index (χ2n) is 4.21. The lowest BCUT2D eigenvalue weighted by Crippen LogP contribution is -2.54. The summed E-state index contributed by atoms with van der Waals surface area (Å²) in [6, 6.07) is -1.03. The van der Waals surface area contributed by atoms with Crippen LogP contribution in [0, 0.1) is 0 Å². The summed E-state index contributed by atoms with van der Waals surface area (Å²) in [7, 11) is 0. The smallest absolute Gasteiger partial charge is 0.371 e. The summed E-state index contributed by atoms with van der Waals surface area (Å²) in [5.41, 5.74) is 0. The molecule has 20 heavy (non-hydrogen) atoms. The number of hydrogen-bond donors (Lipinski definition) is 5. The Bertz CT molecular complexity index is 396. The Kier molecular flexibility index (Phi) is 5.89. The van der Waals surface area contributed by atoms with E-state index in [0.29, 0.717) is 0 Å². The van der Waals surface area contributed by atoms with Gasteiger partial charge in [0, 0.05) is 6.92 Å². The average Bonchev–Trinajstić information content (AvgIpc) is 2.38. The van der Waals surface area contributed by atoms with Crippen LogP contribution in [0.5, 0.6) is 0 Å². The molecule has 5 N–H and O–H groups in total. The number of carbonyl (C=O) groups is 2. The third-order valence-electron chi connectivity index (χ3n) is 2.47. The van der Waals surface area contributed by atoms with Gasteiger partial charge in [-0.05, 0) is 6.08 Å². The molecule has 1 amide bonds. The molecule has 9 heteroatoms. The van der Waals surface area contributed by atoms with Crippen molar-refractivity contribution in [2.24, 2.45) is 0 Å². The number of hydrogen-bond acceptors (Lipinski definition) is 7. The van der Waals surface area contributed by atoms with Gasteiger partial charge < -0.3 is 35.2 Å². The lowest BCUT2D eigenvalue weighted by atomic mass is 10.1. The third kappa shape index (κ3) is 4.46. The van der Waals surface area contributed by atoms with Crippen LogP contribution in [0.3, 0.4) is 0 Å². The molecule has 1 aliphatic heterocycles. The Morgan fingerprint density at radius 1 is 1.55 bits per heavy atom. The lowest BCUT2D eigenvalue weighted by Gasteiger charge is -2.34. The standard InChI is InChI=1S/C11H17NO8/c1-5(14)12-9-7(16)2-8(10(17)18)20-11(9)19-4-6(15)3-13/h2,6-7,9,11,13,15-16H,3-4H2,1H3,(H,12,14)(H,17,18)/t6-,7+,9-,11-/m1/s1. The normalized spacial score (nSPS) is 27.2. The number of aliphatic hydroxyl groups excluding tert-OH is 3. The van der Waals surface area contributed by atoms with Gasteiger partial charge in [0.2, 0.25) is 18.0 Å². The number of carboxylic acids is 1. The minimum Gasteiger partial charge on any atom is -0.475 e. The maximum Gasteiger partial charge on any atom is 0.371 e. The van der Waals surface area contributed by atoms with Crippen LogP contribution in [-0.4, -0.2) is 70.1 Å². The maximum atomic E-state index is 11.1. The fraction of sp³-hybridized carbons (Fsp3) is 0.636. The molecule has 0 spiro atoms. The van der Waals surface area contributed by atoms with Crippen molar-refractivity contribution >= 4 is 11.9 Å². The topological polar surface area (TPSA) is 146 Å². The van der Waals surface area contributed by atoms with Crippen molar-refractivity contribution in [3.8, 4) is 0 Å². The van der Waals surface area contributed by atoms with Crippen molar-refractivity contribution < 1.29 is 39.5 Å². The van der Waals surface area contributed by atoms with Gasteiger partial charge in [-0.15, -0.1) is 0 Å². The summed E-state index contributed by atoms with van der Waals surface area (Å²) in [6.07, 6.45) is -2.88. The number of nitrogens with one attached hydrogen (secondary N) is 1. The number of carboxylic acid groups (broad SMARTS) is 1. The molecule has 4 atom stereocenters. The largest absolute Gasteiger partial charge is 0.475 e. The Morgan fingerprint density at radius 3 is 2.70 bits per heavy atom. The van der Waals surface area contributed by atoms with Crippen molar-refractivity contribution in [2.75, 3.05) is 13.2 Å². The minimum absolute atomic E-state index is 0.350. The van der Waals surface area contributed by atoms with Crippen molar-refractivity contribution in [3.63, 3.8) is 0 Å². The highest BCUT2D eigenvalue weighted by atomic mass is 16.7. The molecule has 0 saturated heterocycles. The third-order valence-corrected chi connectivity index (χ3v) is 2.47. The molecule has 1 rings (SSSR count). The van der Waals surface area contributed by atoms with Crippen molar-refractivity contribution in [1.82, 2.24) is 5.32 Å². The molecular weight excluding hydrogens is 274 g/mol. The molecule has 0 unspecified atom stereocenters. The molecular formula is C11H17NO8. The SMILES string of the molecule is CC(=O)N[C@H]1[C@H](OC[C@H](O)CO)OC(C(=O)O)=C[C@@H]1O. The van der Waals surface area contributed by atoms with Crippen molar-refractivity contribution in [3.05, 3.63) is 11.8 Å². The van der Waals surface area contributed by atoms with Crippen LogP contribution in [0.4, 0.5) is 0 Å². The predicted molar refractivity (Wildman–Crippen MR) is 63.2 cm³/mol. The highest BCUT2D eigenvalue weighted by Crippen LogP contribution is 2.20. The molecule has 0 saturated carbocycles. The van der Waals surface area contributed by atoms with Crippen LogP contribution in [-0.2, 0) is 19.1 Å². The quantitative estimate of drug-likeness (QED) is 0.362. The second kappa shape index (κ2) is 7.20. The summed E-state index contributed by atoms with van der Waals surface area (Å²) >= 11 is 0. The van der Waals surface area contributed by atoms with E-state index in [0.717, 1.165) is 6.08 Å². The van der Waals surface area contributed by atoms with Crippen LogP contribution >= 0.6 is 0 Å². The first-order valence-electron chi connectivity index (χ1n) is 5.82. The summed E-state index contributed by atoms with van der Waals surface area (Å²) in [5.74, 6) is -2.40. The van der Waals surface area contributed by atoms with Gasteiger partial charge in [0.1, 0.15) is 18.2 Å². The molecule has 0 radical (unpaired) electrons. The number of amides is 1. The fourth-order valence-electron chi connectivity index (χ4n) is 1.56. The minimum atomic E-state index is -1.40. The first kappa shape index (κ1) is 16.4. The zero-order valence-corrected chi connectivity index (χ0v) is 10.7. The van der Waals surface area contributed by atoms with Gasteiger partial charge in [-0.25, -0.2) is 4.79 Å². The number of carbonyl (C=O) groups excluding carboxylic acids is 1. The van der Waals surface area contributed by atoms with Gasteiger partial charge in [0.25, 0.3) is 0 Å². The van der Waals surface area contributed by atoms with Gasteiger partial charge in [0.05, 0.1) is 13.2 Å². The molecule has 0 aliphatic carbocycles. The molecule has 1 heterocycles. The zero-order valence-electron chi connectivity index (χ0n) is 10.7. The van der Waals surface area contributed by atoms with Crippen molar-refractivity contribution in [2.45, 2.75) is 31.5 Å². The molecule has 0 bridgehead atoms. The molecule has 0 aromatic rings. The predicted octanol–water partition coefficient (Wildman–Crippen LogP) is -2.45.